The van der Waals surface area contributed by atoms with Gasteiger partial charge in [0.05, 0.1) is 13.7 Å². The molecule has 0 aliphatic heterocycles. The number of aliphatic hydroxyl groups excluding tert-OH is 1. The minimum Gasteiger partial charge on any atom is -0.496 e. The number of methoxy groups -OCH3 is 1. The number of carbonyl (C=O) groups excluding carboxylic acids is 1. The van der Waals surface area contributed by atoms with Crippen LogP contribution < -0.4 is 10.1 Å². The largest absolute Gasteiger partial charge is 0.496 e. The summed E-state index contributed by atoms with van der Waals surface area (Å²) < 4.78 is 5.15. The second kappa shape index (κ2) is 7.99. The van der Waals surface area contributed by atoms with Gasteiger partial charge in [0.1, 0.15) is 5.75 Å². The van der Waals surface area contributed by atoms with Crippen LogP contribution in [0.5, 0.6) is 5.75 Å². The number of hydrogen-bond acceptors (Lipinski definition) is 3. The molecule has 0 spiro atoms. The molecule has 1 unspecified atom stereocenters. The number of hydrogen-bond donors (Lipinski definition) is 2. The lowest BCUT2D eigenvalue weighted by molar-refractivity contribution is -0.119. The summed E-state index contributed by atoms with van der Waals surface area (Å²) >= 11 is 5.96. The fraction of sp³-hybridized carbons (Fsp3) is 0.278. The number of nitrogens with one attached hydrogen (secondary N) is 1. The molecule has 23 heavy (non-hydrogen) atoms. The van der Waals surface area contributed by atoms with E-state index in [-0.39, 0.29) is 18.4 Å². The molecule has 0 aliphatic rings. The summed E-state index contributed by atoms with van der Waals surface area (Å²) in [6, 6.07) is 12.7. The Hall–Kier alpha value is -2.04. The highest BCUT2D eigenvalue weighted by Crippen LogP contribution is 2.23. The van der Waals surface area contributed by atoms with Crippen LogP contribution in [0.3, 0.4) is 0 Å². The molecule has 2 N–H and O–H groups in total. The Morgan fingerprint density at radius 1 is 1.30 bits per heavy atom. The van der Waals surface area contributed by atoms with Crippen molar-refractivity contribution >= 4 is 23.2 Å². The fourth-order valence-corrected chi connectivity index (χ4v) is 2.57. The first-order valence-corrected chi connectivity index (χ1v) is 7.74. The lowest BCUT2D eigenvalue weighted by Gasteiger charge is -2.14. The van der Waals surface area contributed by atoms with Crippen molar-refractivity contribution in [2.24, 2.45) is 5.92 Å². The van der Waals surface area contributed by atoms with Crippen molar-refractivity contribution < 1.29 is 14.6 Å². The van der Waals surface area contributed by atoms with Gasteiger partial charge in [-0.1, -0.05) is 30.7 Å². The van der Waals surface area contributed by atoms with E-state index >= 15 is 0 Å². The van der Waals surface area contributed by atoms with Gasteiger partial charge in [-0.3, -0.25) is 4.79 Å². The maximum atomic E-state index is 12.3. The van der Waals surface area contributed by atoms with E-state index in [9.17, 15) is 9.90 Å². The van der Waals surface area contributed by atoms with Crippen molar-refractivity contribution in [3.8, 4) is 5.75 Å². The summed E-state index contributed by atoms with van der Waals surface area (Å²) in [5, 5.41) is 12.9. The topological polar surface area (TPSA) is 58.6 Å². The van der Waals surface area contributed by atoms with Gasteiger partial charge in [0.15, 0.2) is 0 Å². The summed E-state index contributed by atoms with van der Waals surface area (Å²) in [4.78, 5) is 12.3. The van der Waals surface area contributed by atoms with Gasteiger partial charge >= 0.3 is 0 Å². The molecular weight excluding hydrogens is 314 g/mol. The van der Waals surface area contributed by atoms with E-state index in [1.165, 1.54) is 0 Å². The summed E-state index contributed by atoms with van der Waals surface area (Å²) in [5.74, 6) is 0.310. The predicted molar refractivity (Wildman–Crippen MR) is 91.9 cm³/mol. The van der Waals surface area contributed by atoms with E-state index in [1.807, 2.05) is 31.2 Å². The van der Waals surface area contributed by atoms with Crippen molar-refractivity contribution in [2.75, 3.05) is 12.4 Å². The Kier molecular flexibility index (Phi) is 6.02. The van der Waals surface area contributed by atoms with E-state index in [0.29, 0.717) is 28.4 Å². The molecule has 2 aromatic rings. The van der Waals surface area contributed by atoms with Gasteiger partial charge in [0.2, 0.25) is 5.91 Å². The van der Waals surface area contributed by atoms with Crippen molar-refractivity contribution in [3.05, 3.63) is 58.6 Å². The molecule has 2 aromatic carbocycles. The Bertz CT molecular complexity index is 688. The lowest BCUT2D eigenvalue weighted by Crippen LogP contribution is -2.22. The SMILES string of the molecule is COc1ccc(NC(=O)C(C)Cc2cccc(Cl)c2)cc1CO. The van der Waals surface area contributed by atoms with E-state index in [2.05, 4.69) is 5.32 Å². The Morgan fingerprint density at radius 3 is 2.74 bits per heavy atom. The number of ether oxygens (including phenoxy) is 1. The summed E-state index contributed by atoms with van der Waals surface area (Å²) in [7, 11) is 1.54. The molecule has 0 fully saturated rings. The average Bonchev–Trinajstić information content (AvgIpc) is 2.54. The molecule has 0 heterocycles. The highest BCUT2D eigenvalue weighted by atomic mass is 35.5. The third-order valence-corrected chi connectivity index (χ3v) is 3.83. The second-order valence-corrected chi connectivity index (χ2v) is 5.85. The van der Waals surface area contributed by atoms with Crippen molar-refractivity contribution in [1.29, 1.82) is 0 Å². The molecule has 0 aromatic heterocycles. The van der Waals surface area contributed by atoms with Gasteiger partial charge in [-0.2, -0.15) is 0 Å². The molecule has 5 heteroatoms. The quantitative estimate of drug-likeness (QED) is 0.848. The highest BCUT2D eigenvalue weighted by molar-refractivity contribution is 6.30. The lowest BCUT2D eigenvalue weighted by atomic mass is 10.0. The first-order valence-electron chi connectivity index (χ1n) is 7.36. The average molecular weight is 334 g/mol. The molecular formula is C18H20ClNO3. The molecule has 0 saturated heterocycles. The second-order valence-electron chi connectivity index (χ2n) is 5.41. The Morgan fingerprint density at radius 2 is 2.09 bits per heavy atom. The van der Waals surface area contributed by atoms with Crippen LogP contribution in [0.4, 0.5) is 5.69 Å². The molecule has 0 radical (unpaired) electrons. The number of benzene rings is 2. The van der Waals surface area contributed by atoms with E-state index in [0.717, 1.165) is 5.56 Å². The molecule has 122 valence electrons. The third-order valence-electron chi connectivity index (χ3n) is 3.60. The molecule has 0 bridgehead atoms. The number of halogens is 1. The number of anilines is 1. The number of rotatable bonds is 6. The van der Waals surface area contributed by atoms with Crippen molar-refractivity contribution in [2.45, 2.75) is 20.0 Å². The minimum absolute atomic E-state index is 0.0842. The smallest absolute Gasteiger partial charge is 0.227 e. The third kappa shape index (κ3) is 4.71. The Labute approximate surface area is 141 Å². The first kappa shape index (κ1) is 17.3. The van der Waals surface area contributed by atoms with E-state index in [1.54, 1.807) is 25.3 Å². The van der Waals surface area contributed by atoms with Crippen LogP contribution in [0.1, 0.15) is 18.1 Å². The van der Waals surface area contributed by atoms with Crippen LogP contribution in [0, 0.1) is 5.92 Å². The summed E-state index contributed by atoms with van der Waals surface area (Å²) in [5.41, 5.74) is 2.29. The van der Waals surface area contributed by atoms with Gasteiger partial charge in [-0.05, 0) is 42.3 Å². The number of amides is 1. The van der Waals surface area contributed by atoms with Crippen LogP contribution >= 0.6 is 11.6 Å². The molecule has 0 saturated carbocycles. The van der Waals surface area contributed by atoms with Crippen molar-refractivity contribution in [1.82, 2.24) is 0 Å². The van der Waals surface area contributed by atoms with Crippen LogP contribution in [-0.4, -0.2) is 18.1 Å². The zero-order valence-corrected chi connectivity index (χ0v) is 13.9. The molecule has 0 aliphatic carbocycles. The van der Waals surface area contributed by atoms with Crippen molar-refractivity contribution in [3.63, 3.8) is 0 Å². The van der Waals surface area contributed by atoms with E-state index in [4.69, 9.17) is 16.3 Å². The number of carbonyl (C=O) groups is 1. The maximum Gasteiger partial charge on any atom is 0.227 e. The highest BCUT2D eigenvalue weighted by Gasteiger charge is 2.15. The van der Waals surface area contributed by atoms with Gasteiger partial charge in [0, 0.05) is 22.2 Å². The zero-order valence-electron chi connectivity index (χ0n) is 13.2. The van der Waals surface area contributed by atoms with Gasteiger partial charge in [-0.25, -0.2) is 0 Å². The molecule has 1 atom stereocenters. The van der Waals surface area contributed by atoms with Crippen LogP contribution in [0.25, 0.3) is 0 Å². The summed E-state index contributed by atoms with van der Waals surface area (Å²) in [6.45, 7) is 1.72. The standard InChI is InChI=1S/C18H20ClNO3/c1-12(8-13-4-3-5-15(19)9-13)18(22)20-16-6-7-17(23-2)14(10-16)11-21/h3-7,9-10,12,21H,8,11H2,1-2H3,(H,20,22). The Balaban J connectivity index is 2.03. The zero-order chi connectivity index (χ0) is 16.8. The molecule has 4 nitrogen and oxygen atoms in total. The fourth-order valence-electron chi connectivity index (χ4n) is 2.36. The monoisotopic (exact) mass is 333 g/mol. The maximum absolute atomic E-state index is 12.3. The van der Waals surface area contributed by atoms with Gasteiger partial charge < -0.3 is 15.2 Å². The van der Waals surface area contributed by atoms with Gasteiger partial charge in [-0.15, -0.1) is 0 Å². The normalized spacial score (nSPS) is 11.8. The van der Waals surface area contributed by atoms with Crippen LogP contribution in [0.15, 0.2) is 42.5 Å². The molecule has 2 rings (SSSR count). The minimum atomic E-state index is -0.201. The van der Waals surface area contributed by atoms with E-state index < -0.39 is 0 Å². The molecule has 1 amide bonds. The number of aliphatic hydroxyl groups is 1. The first-order chi connectivity index (χ1) is 11.0. The van der Waals surface area contributed by atoms with Crippen LogP contribution in [-0.2, 0) is 17.8 Å². The van der Waals surface area contributed by atoms with Gasteiger partial charge in [0.25, 0.3) is 0 Å². The predicted octanol–water partition coefficient (Wildman–Crippen LogP) is 3.66. The summed E-state index contributed by atoms with van der Waals surface area (Å²) in [6.07, 6.45) is 0.607. The van der Waals surface area contributed by atoms with Crippen LogP contribution in [0.2, 0.25) is 5.02 Å².